The monoisotopic (exact) mass is 435 g/mol. The van der Waals surface area contributed by atoms with Crippen LogP contribution in [0.25, 0.3) is 11.0 Å². The van der Waals surface area contributed by atoms with Crippen LogP contribution in [0.15, 0.2) is 24.5 Å². The van der Waals surface area contributed by atoms with Gasteiger partial charge in [-0.15, -0.1) is 0 Å². The lowest BCUT2D eigenvalue weighted by molar-refractivity contribution is -0.130. The number of hydrogen-bond donors (Lipinski definition) is 0. The number of fused-ring (bicyclic) bond motifs is 4. The molecule has 0 saturated heterocycles. The summed E-state index contributed by atoms with van der Waals surface area (Å²) in [5.74, 6) is 4.89. The van der Waals surface area contributed by atoms with Gasteiger partial charge < -0.3 is 0 Å². The first-order valence-corrected chi connectivity index (χ1v) is 13.3. The van der Waals surface area contributed by atoms with Gasteiger partial charge in [0.2, 0.25) is 0 Å². The maximum absolute atomic E-state index is 13.6. The molecule has 0 amide bonds. The third-order valence-corrected chi connectivity index (χ3v) is 10.0. The first-order valence-electron chi connectivity index (χ1n) is 13.3. The molecular formula is C28H41N3O. The highest BCUT2D eigenvalue weighted by Gasteiger charge is 2.56. The zero-order valence-electron chi connectivity index (χ0n) is 20.3. The number of rotatable bonds is 7. The molecule has 0 radical (unpaired) electrons. The summed E-state index contributed by atoms with van der Waals surface area (Å²) in [6.45, 7) is 7.59. The highest BCUT2D eigenvalue weighted by atomic mass is 16.1. The maximum Gasteiger partial charge on any atom is 0.158 e. The van der Waals surface area contributed by atoms with Crippen molar-refractivity contribution in [2.75, 3.05) is 0 Å². The molecule has 32 heavy (non-hydrogen) atoms. The lowest BCUT2D eigenvalue weighted by Gasteiger charge is -2.53. The van der Waals surface area contributed by atoms with Crippen LogP contribution in [0.3, 0.4) is 0 Å². The van der Waals surface area contributed by atoms with E-state index in [1.165, 1.54) is 57.8 Å². The first-order chi connectivity index (χ1) is 15.5. The van der Waals surface area contributed by atoms with Crippen molar-refractivity contribution in [1.29, 1.82) is 0 Å². The Morgan fingerprint density at radius 2 is 2.09 bits per heavy atom. The fourth-order valence-corrected chi connectivity index (χ4v) is 8.02. The van der Waals surface area contributed by atoms with Crippen molar-refractivity contribution in [3.8, 4) is 0 Å². The molecule has 0 aliphatic heterocycles. The van der Waals surface area contributed by atoms with Gasteiger partial charge in [0.15, 0.2) is 11.4 Å². The smallest absolute Gasteiger partial charge is 0.158 e. The summed E-state index contributed by atoms with van der Waals surface area (Å²) in [5, 5.41) is 5.50. The molecule has 2 aromatic heterocycles. The van der Waals surface area contributed by atoms with Crippen LogP contribution in [-0.2, 0) is 11.3 Å². The van der Waals surface area contributed by atoms with E-state index < -0.39 is 0 Å². The Bertz CT molecular complexity index is 951. The molecule has 0 bridgehead atoms. The van der Waals surface area contributed by atoms with E-state index in [0.717, 1.165) is 47.0 Å². The SMILES string of the molecule is CCC(C)CCC1CCCC2C1CCC1(C)C(C(=O)Cn3ncc4cccnc43)CCC21. The minimum atomic E-state index is 0.188. The third-order valence-electron chi connectivity index (χ3n) is 10.0. The number of pyridine rings is 1. The van der Waals surface area contributed by atoms with Crippen LogP contribution in [-0.4, -0.2) is 20.5 Å². The van der Waals surface area contributed by atoms with Crippen molar-refractivity contribution in [2.45, 2.75) is 91.5 Å². The number of carbonyl (C=O) groups is 1. The molecule has 2 heterocycles. The Labute approximate surface area is 193 Å². The third kappa shape index (κ3) is 3.82. The number of carbonyl (C=O) groups excluding carboxylic acids is 1. The molecular weight excluding hydrogens is 394 g/mol. The second kappa shape index (κ2) is 8.91. The maximum atomic E-state index is 13.6. The van der Waals surface area contributed by atoms with Gasteiger partial charge in [-0.3, -0.25) is 4.79 Å². The predicted octanol–water partition coefficient (Wildman–Crippen LogP) is 6.69. The molecule has 2 aromatic rings. The molecule has 0 spiro atoms. The van der Waals surface area contributed by atoms with Crippen molar-refractivity contribution >= 4 is 16.8 Å². The van der Waals surface area contributed by atoms with Gasteiger partial charge in [0.1, 0.15) is 6.54 Å². The van der Waals surface area contributed by atoms with E-state index in [9.17, 15) is 4.79 Å². The minimum Gasteiger partial charge on any atom is -0.297 e. The Kier molecular flexibility index (Phi) is 6.15. The molecule has 5 rings (SSSR count). The van der Waals surface area contributed by atoms with Gasteiger partial charge in [0.25, 0.3) is 0 Å². The number of Topliss-reactive ketones (excluding diaryl/α,β-unsaturated/α-hetero) is 1. The van der Waals surface area contributed by atoms with E-state index in [2.05, 4.69) is 30.9 Å². The normalized spacial score (nSPS) is 35.4. The molecule has 4 heteroatoms. The lowest BCUT2D eigenvalue weighted by Crippen LogP contribution is -2.47. The van der Waals surface area contributed by atoms with Gasteiger partial charge in [-0.2, -0.15) is 5.10 Å². The molecule has 7 atom stereocenters. The summed E-state index contributed by atoms with van der Waals surface area (Å²) in [7, 11) is 0. The van der Waals surface area contributed by atoms with E-state index in [-0.39, 0.29) is 11.3 Å². The molecule has 4 nitrogen and oxygen atoms in total. The van der Waals surface area contributed by atoms with Gasteiger partial charge in [-0.25, -0.2) is 9.67 Å². The lowest BCUT2D eigenvalue weighted by atomic mass is 9.52. The van der Waals surface area contributed by atoms with E-state index >= 15 is 0 Å². The average Bonchev–Trinajstić information content (AvgIpc) is 3.38. The number of nitrogens with zero attached hydrogens (tertiary/aromatic N) is 3. The molecule has 3 fully saturated rings. The second-order valence-electron chi connectivity index (χ2n) is 11.6. The van der Waals surface area contributed by atoms with E-state index in [1.807, 2.05) is 23.0 Å². The van der Waals surface area contributed by atoms with Crippen LogP contribution >= 0.6 is 0 Å². The van der Waals surface area contributed by atoms with Crippen LogP contribution in [0.5, 0.6) is 0 Å². The van der Waals surface area contributed by atoms with E-state index in [1.54, 1.807) is 6.20 Å². The molecule has 174 valence electrons. The Balaban J connectivity index is 1.29. The highest BCUT2D eigenvalue weighted by Crippen LogP contribution is 2.63. The first kappa shape index (κ1) is 22.1. The number of hydrogen-bond acceptors (Lipinski definition) is 3. The molecule has 7 unspecified atom stereocenters. The van der Waals surface area contributed by atoms with Crippen molar-refractivity contribution in [3.63, 3.8) is 0 Å². The molecule has 3 saturated carbocycles. The Hall–Kier alpha value is -1.71. The van der Waals surface area contributed by atoms with Crippen LogP contribution in [0, 0.1) is 40.9 Å². The molecule has 0 N–H and O–H groups in total. The number of aromatic nitrogens is 3. The zero-order valence-corrected chi connectivity index (χ0v) is 20.3. The summed E-state index contributed by atoms with van der Waals surface area (Å²) in [4.78, 5) is 18.0. The molecule has 3 aliphatic rings. The van der Waals surface area contributed by atoms with Crippen molar-refractivity contribution in [1.82, 2.24) is 14.8 Å². The van der Waals surface area contributed by atoms with Crippen molar-refractivity contribution < 1.29 is 4.79 Å². The van der Waals surface area contributed by atoms with E-state index in [4.69, 9.17) is 0 Å². The van der Waals surface area contributed by atoms with Gasteiger partial charge in [-0.1, -0.05) is 46.5 Å². The largest absolute Gasteiger partial charge is 0.297 e. The van der Waals surface area contributed by atoms with Gasteiger partial charge in [0.05, 0.1) is 6.20 Å². The van der Waals surface area contributed by atoms with Crippen LogP contribution < -0.4 is 0 Å². The Morgan fingerprint density at radius 3 is 2.94 bits per heavy atom. The van der Waals surface area contributed by atoms with Crippen LogP contribution in [0.4, 0.5) is 0 Å². The van der Waals surface area contributed by atoms with Gasteiger partial charge >= 0.3 is 0 Å². The number of ketones is 1. The van der Waals surface area contributed by atoms with Gasteiger partial charge in [-0.05, 0) is 85.7 Å². The topological polar surface area (TPSA) is 47.8 Å². The minimum absolute atomic E-state index is 0.188. The quantitative estimate of drug-likeness (QED) is 0.487. The Morgan fingerprint density at radius 1 is 1.22 bits per heavy atom. The highest BCUT2D eigenvalue weighted by molar-refractivity contribution is 5.84. The fraction of sp³-hybridized carbons (Fsp3) is 0.750. The van der Waals surface area contributed by atoms with Crippen molar-refractivity contribution in [3.05, 3.63) is 24.5 Å². The zero-order chi connectivity index (χ0) is 22.3. The molecule has 3 aliphatic carbocycles. The summed E-state index contributed by atoms with van der Waals surface area (Å²) >= 11 is 0. The standard InChI is InChI=1S/C28H41N3O/c1-4-19(2)10-11-20-7-5-9-23-22(20)14-15-28(3)24(23)12-13-25(28)26(32)18-31-27-21(17-30-31)8-6-16-29-27/h6,8,16-17,19-20,22-25H,4-5,7,9-15,18H2,1-3H3. The molecule has 0 aromatic carbocycles. The predicted molar refractivity (Wildman–Crippen MR) is 129 cm³/mol. The summed E-state index contributed by atoms with van der Waals surface area (Å²) in [6, 6.07) is 3.95. The van der Waals surface area contributed by atoms with Crippen molar-refractivity contribution in [2.24, 2.45) is 40.9 Å². The second-order valence-corrected chi connectivity index (χ2v) is 11.6. The van der Waals surface area contributed by atoms with Crippen LogP contribution in [0.2, 0.25) is 0 Å². The van der Waals surface area contributed by atoms with Crippen LogP contribution in [0.1, 0.15) is 85.0 Å². The van der Waals surface area contributed by atoms with E-state index in [0.29, 0.717) is 12.3 Å². The fourth-order valence-electron chi connectivity index (χ4n) is 8.02. The average molecular weight is 436 g/mol. The summed E-state index contributed by atoms with van der Waals surface area (Å²) in [5.41, 5.74) is 1.02. The summed E-state index contributed by atoms with van der Waals surface area (Å²) < 4.78 is 1.82. The summed E-state index contributed by atoms with van der Waals surface area (Å²) in [6.07, 6.45) is 16.9. The van der Waals surface area contributed by atoms with Gasteiger partial charge in [0, 0.05) is 17.5 Å².